The maximum atomic E-state index is 14.0. The van der Waals surface area contributed by atoms with E-state index in [-0.39, 0.29) is 29.9 Å². The standard InChI is InChI=1S/C22H31FN2O3/c1-15-18(10-7-11-19(15)23)20(26)25(16-8-5-6-9-16)17-12-13-24(14-17)21(27)28-22(2,3)4/h7,10-11,16-17H,5-6,8-9,12-14H2,1-4H3. The lowest BCUT2D eigenvalue weighted by Gasteiger charge is -2.35. The summed E-state index contributed by atoms with van der Waals surface area (Å²) in [6.07, 6.45) is 4.50. The van der Waals surface area contributed by atoms with Gasteiger partial charge in [0.05, 0.1) is 6.04 Å². The van der Waals surface area contributed by atoms with Crippen LogP contribution in [-0.4, -0.2) is 52.6 Å². The molecule has 1 aromatic carbocycles. The Hall–Kier alpha value is -2.11. The van der Waals surface area contributed by atoms with Gasteiger partial charge in [0.15, 0.2) is 0 Å². The summed E-state index contributed by atoms with van der Waals surface area (Å²) in [6, 6.07) is 4.75. The maximum Gasteiger partial charge on any atom is 0.410 e. The molecule has 0 radical (unpaired) electrons. The van der Waals surface area contributed by atoms with E-state index in [0.29, 0.717) is 24.2 Å². The van der Waals surface area contributed by atoms with Crippen LogP contribution in [-0.2, 0) is 4.74 Å². The molecule has 0 N–H and O–H groups in total. The van der Waals surface area contributed by atoms with Crippen LogP contribution in [0.1, 0.15) is 68.8 Å². The molecule has 3 rings (SSSR count). The van der Waals surface area contributed by atoms with Crippen LogP contribution in [0.2, 0.25) is 0 Å². The molecule has 0 bridgehead atoms. The topological polar surface area (TPSA) is 49.9 Å². The number of nitrogens with zero attached hydrogens (tertiary/aromatic N) is 2. The highest BCUT2D eigenvalue weighted by Gasteiger charge is 2.39. The number of amides is 2. The molecule has 6 heteroatoms. The van der Waals surface area contributed by atoms with E-state index in [2.05, 4.69) is 0 Å². The summed E-state index contributed by atoms with van der Waals surface area (Å²) in [5, 5.41) is 0. The van der Waals surface area contributed by atoms with E-state index in [1.54, 1.807) is 24.0 Å². The predicted octanol–water partition coefficient (Wildman–Crippen LogP) is 4.53. The van der Waals surface area contributed by atoms with Crippen molar-refractivity contribution in [1.29, 1.82) is 0 Å². The van der Waals surface area contributed by atoms with E-state index in [4.69, 9.17) is 4.74 Å². The zero-order valence-corrected chi connectivity index (χ0v) is 17.3. The summed E-state index contributed by atoms with van der Waals surface area (Å²) in [7, 11) is 0. The van der Waals surface area contributed by atoms with Gasteiger partial charge in [-0.3, -0.25) is 4.79 Å². The van der Waals surface area contributed by atoms with Crippen molar-refractivity contribution < 1.29 is 18.7 Å². The van der Waals surface area contributed by atoms with Gasteiger partial charge in [-0.25, -0.2) is 9.18 Å². The lowest BCUT2D eigenvalue weighted by atomic mass is 10.0. The second-order valence-corrected chi connectivity index (χ2v) is 8.93. The smallest absolute Gasteiger partial charge is 0.410 e. The minimum absolute atomic E-state index is 0.0641. The molecule has 1 atom stereocenters. The van der Waals surface area contributed by atoms with Gasteiger partial charge in [0.2, 0.25) is 0 Å². The van der Waals surface area contributed by atoms with Crippen molar-refractivity contribution in [2.24, 2.45) is 0 Å². The van der Waals surface area contributed by atoms with Gasteiger partial charge in [0.1, 0.15) is 11.4 Å². The molecular formula is C22H31FN2O3. The largest absolute Gasteiger partial charge is 0.444 e. The zero-order valence-electron chi connectivity index (χ0n) is 17.3. The Bertz CT molecular complexity index is 738. The van der Waals surface area contributed by atoms with Crippen molar-refractivity contribution in [2.75, 3.05) is 13.1 Å². The molecular weight excluding hydrogens is 359 g/mol. The van der Waals surface area contributed by atoms with Crippen molar-refractivity contribution in [3.05, 3.63) is 35.1 Å². The number of hydrogen-bond donors (Lipinski definition) is 0. The van der Waals surface area contributed by atoms with Crippen LogP contribution >= 0.6 is 0 Å². The lowest BCUT2D eigenvalue weighted by molar-refractivity contribution is 0.0265. The predicted molar refractivity (Wildman–Crippen MR) is 106 cm³/mol. The third-order valence-electron chi connectivity index (χ3n) is 5.66. The van der Waals surface area contributed by atoms with Gasteiger partial charge in [0.25, 0.3) is 5.91 Å². The molecule has 1 aliphatic carbocycles. The Morgan fingerprint density at radius 3 is 2.46 bits per heavy atom. The Morgan fingerprint density at radius 2 is 1.82 bits per heavy atom. The van der Waals surface area contributed by atoms with Gasteiger partial charge >= 0.3 is 6.09 Å². The SMILES string of the molecule is Cc1c(F)cccc1C(=O)N(C1CCCC1)C1CCN(C(=O)OC(C)(C)C)C1. The average Bonchev–Trinajstić information content (AvgIpc) is 3.28. The van der Waals surface area contributed by atoms with Gasteiger partial charge in [-0.1, -0.05) is 18.9 Å². The Morgan fingerprint density at radius 1 is 1.14 bits per heavy atom. The number of carbonyl (C=O) groups is 2. The van der Waals surface area contributed by atoms with E-state index in [0.717, 1.165) is 32.1 Å². The third-order valence-corrected chi connectivity index (χ3v) is 5.66. The fraction of sp³-hybridized carbons (Fsp3) is 0.636. The number of likely N-dealkylation sites (tertiary alicyclic amines) is 1. The molecule has 0 aromatic heterocycles. The van der Waals surface area contributed by atoms with E-state index in [1.165, 1.54) is 6.07 Å². The first-order valence-electron chi connectivity index (χ1n) is 10.2. The normalized spacial score (nSPS) is 20.5. The molecule has 2 aliphatic rings. The highest BCUT2D eigenvalue weighted by atomic mass is 19.1. The van der Waals surface area contributed by atoms with Crippen LogP contribution < -0.4 is 0 Å². The summed E-state index contributed by atoms with van der Waals surface area (Å²) in [6.45, 7) is 8.22. The molecule has 1 saturated carbocycles. The van der Waals surface area contributed by atoms with E-state index in [1.807, 2.05) is 25.7 Å². The molecule has 2 fully saturated rings. The van der Waals surface area contributed by atoms with Gasteiger partial charge in [-0.2, -0.15) is 0 Å². The Balaban J connectivity index is 1.80. The quantitative estimate of drug-likeness (QED) is 0.762. The summed E-state index contributed by atoms with van der Waals surface area (Å²) >= 11 is 0. The number of benzene rings is 1. The molecule has 0 spiro atoms. The fourth-order valence-electron chi connectivity index (χ4n) is 4.25. The number of hydrogen-bond acceptors (Lipinski definition) is 3. The molecule has 1 unspecified atom stereocenters. The molecule has 5 nitrogen and oxygen atoms in total. The molecule has 1 aliphatic heterocycles. The van der Waals surface area contributed by atoms with Crippen molar-refractivity contribution in [3.63, 3.8) is 0 Å². The second-order valence-electron chi connectivity index (χ2n) is 8.93. The van der Waals surface area contributed by atoms with Gasteiger partial charge < -0.3 is 14.5 Å². The number of ether oxygens (including phenoxy) is 1. The minimum Gasteiger partial charge on any atom is -0.444 e. The Labute approximate surface area is 166 Å². The zero-order chi connectivity index (χ0) is 20.5. The second kappa shape index (κ2) is 8.10. The molecule has 154 valence electrons. The van der Waals surface area contributed by atoms with Crippen LogP contribution in [0.15, 0.2) is 18.2 Å². The van der Waals surface area contributed by atoms with Gasteiger partial charge in [0, 0.05) is 24.7 Å². The maximum absolute atomic E-state index is 14.0. The number of carbonyl (C=O) groups excluding carboxylic acids is 2. The van der Waals surface area contributed by atoms with Crippen LogP contribution in [0, 0.1) is 12.7 Å². The van der Waals surface area contributed by atoms with E-state index >= 15 is 0 Å². The van der Waals surface area contributed by atoms with Crippen molar-refractivity contribution in [1.82, 2.24) is 9.80 Å². The average molecular weight is 390 g/mol. The molecule has 2 amide bonds. The van der Waals surface area contributed by atoms with Crippen molar-refractivity contribution in [2.45, 2.75) is 77.5 Å². The summed E-state index contributed by atoms with van der Waals surface area (Å²) < 4.78 is 19.5. The molecule has 1 aromatic rings. The minimum atomic E-state index is -0.547. The first kappa shape index (κ1) is 20.6. The van der Waals surface area contributed by atoms with Gasteiger partial charge in [-0.15, -0.1) is 0 Å². The number of rotatable bonds is 3. The summed E-state index contributed by atoms with van der Waals surface area (Å²) in [5.74, 6) is -0.487. The summed E-state index contributed by atoms with van der Waals surface area (Å²) in [5.41, 5.74) is 0.259. The number of halogens is 1. The van der Waals surface area contributed by atoms with Crippen LogP contribution in [0.5, 0.6) is 0 Å². The molecule has 1 heterocycles. The van der Waals surface area contributed by atoms with Crippen LogP contribution in [0.25, 0.3) is 0 Å². The van der Waals surface area contributed by atoms with E-state index in [9.17, 15) is 14.0 Å². The van der Waals surface area contributed by atoms with Crippen LogP contribution in [0.4, 0.5) is 9.18 Å². The van der Waals surface area contributed by atoms with E-state index < -0.39 is 5.60 Å². The molecule has 1 saturated heterocycles. The Kier molecular flexibility index (Phi) is 5.96. The third kappa shape index (κ3) is 4.47. The van der Waals surface area contributed by atoms with Crippen molar-refractivity contribution in [3.8, 4) is 0 Å². The first-order valence-corrected chi connectivity index (χ1v) is 10.2. The highest BCUT2D eigenvalue weighted by molar-refractivity contribution is 5.96. The van der Waals surface area contributed by atoms with Crippen LogP contribution in [0.3, 0.4) is 0 Å². The summed E-state index contributed by atoms with van der Waals surface area (Å²) in [4.78, 5) is 29.5. The lowest BCUT2D eigenvalue weighted by Crippen LogP contribution is -2.48. The monoisotopic (exact) mass is 390 g/mol. The van der Waals surface area contributed by atoms with Crippen molar-refractivity contribution >= 4 is 12.0 Å². The highest BCUT2D eigenvalue weighted by Crippen LogP contribution is 2.31. The fourth-order valence-corrected chi connectivity index (χ4v) is 4.25. The molecule has 28 heavy (non-hydrogen) atoms. The van der Waals surface area contributed by atoms with Gasteiger partial charge in [-0.05, 0) is 64.7 Å². The first-order chi connectivity index (χ1) is 13.2.